The average Bonchev–Trinajstić information content (AvgIpc) is 3.40. The van der Waals surface area contributed by atoms with Crippen molar-refractivity contribution in [3.8, 4) is 0 Å². The molecule has 0 aliphatic carbocycles. The van der Waals surface area contributed by atoms with Gasteiger partial charge in [-0.15, -0.1) is 23.1 Å². The summed E-state index contributed by atoms with van der Waals surface area (Å²) in [5.74, 6) is 1.03. The zero-order valence-corrected chi connectivity index (χ0v) is 17.2. The van der Waals surface area contributed by atoms with Crippen LogP contribution in [0.4, 0.5) is 0 Å². The van der Waals surface area contributed by atoms with E-state index in [1.165, 1.54) is 47.3 Å². The van der Waals surface area contributed by atoms with E-state index in [2.05, 4.69) is 6.92 Å². The molecule has 0 fully saturated rings. The van der Waals surface area contributed by atoms with E-state index in [0.717, 1.165) is 29.9 Å². The zero-order chi connectivity index (χ0) is 19.1. The smallest absolute Gasteiger partial charge is 0.268 e. The highest BCUT2D eigenvalue weighted by atomic mass is 32.2. The maximum atomic E-state index is 13.0. The lowest BCUT2D eigenvalue weighted by atomic mass is 10.1. The molecule has 0 radical (unpaired) electrons. The van der Waals surface area contributed by atoms with Gasteiger partial charge in [0.1, 0.15) is 5.76 Å². The summed E-state index contributed by atoms with van der Waals surface area (Å²) in [6, 6.07) is 7.54. The average molecular weight is 404 g/mol. The molecule has 0 atom stereocenters. The first-order valence-corrected chi connectivity index (χ1v) is 11.4. The van der Waals surface area contributed by atoms with Crippen molar-refractivity contribution in [3.05, 3.63) is 51.5 Å². The number of thiophene rings is 1. The van der Waals surface area contributed by atoms with Crippen molar-refractivity contribution in [3.63, 3.8) is 0 Å². The van der Waals surface area contributed by atoms with Crippen LogP contribution in [0.2, 0.25) is 0 Å². The standard InChI is InChI=1S/C21H25NO3S2/c1-2-3-4-5-6-7-12-22-20(23)18(17-11-9-14-26-17)19(21(22)24)27-15-16-10-8-13-25-16/h8-11,13-14H,2-7,12,15H2,1H3. The Kier molecular flexibility index (Phi) is 7.35. The number of carbonyl (C=O) groups is 2. The monoisotopic (exact) mass is 403 g/mol. The van der Waals surface area contributed by atoms with Gasteiger partial charge >= 0.3 is 0 Å². The molecule has 27 heavy (non-hydrogen) atoms. The Labute approximate surface area is 168 Å². The lowest BCUT2D eigenvalue weighted by Crippen LogP contribution is -2.32. The summed E-state index contributed by atoms with van der Waals surface area (Å²) in [4.78, 5) is 28.8. The molecule has 0 bridgehead atoms. The Balaban J connectivity index is 1.67. The first-order valence-electron chi connectivity index (χ1n) is 9.52. The lowest BCUT2D eigenvalue weighted by molar-refractivity contribution is -0.136. The number of rotatable bonds is 11. The van der Waals surface area contributed by atoms with Gasteiger partial charge in [0.2, 0.25) is 0 Å². The van der Waals surface area contributed by atoms with Crippen LogP contribution < -0.4 is 0 Å². The minimum Gasteiger partial charge on any atom is -0.468 e. The maximum absolute atomic E-state index is 13.0. The van der Waals surface area contributed by atoms with Crippen molar-refractivity contribution in [2.75, 3.05) is 6.54 Å². The van der Waals surface area contributed by atoms with Crippen molar-refractivity contribution < 1.29 is 14.0 Å². The Morgan fingerprint density at radius 3 is 2.56 bits per heavy atom. The van der Waals surface area contributed by atoms with Gasteiger partial charge in [0, 0.05) is 11.4 Å². The number of nitrogens with zero attached hydrogens (tertiary/aromatic N) is 1. The fraction of sp³-hybridized carbons (Fsp3) is 0.429. The maximum Gasteiger partial charge on any atom is 0.268 e. The van der Waals surface area contributed by atoms with Crippen LogP contribution in [0.5, 0.6) is 0 Å². The third-order valence-corrected chi connectivity index (χ3v) is 6.55. The Morgan fingerprint density at radius 1 is 1.04 bits per heavy atom. The number of carbonyl (C=O) groups excluding carboxylic acids is 2. The van der Waals surface area contributed by atoms with Crippen LogP contribution in [-0.2, 0) is 15.3 Å². The largest absolute Gasteiger partial charge is 0.468 e. The van der Waals surface area contributed by atoms with Crippen molar-refractivity contribution >= 4 is 40.5 Å². The minimum absolute atomic E-state index is 0.155. The summed E-state index contributed by atoms with van der Waals surface area (Å²) in [6.07, 6.45) is 8.40. The summed E-state index contributed by atoms with van der Waals surface area (Å²) in [7, 11) is 0. The van der Waals surface area contributed by atoms with Crippen LogP contribution in [0.1, 0.15) is 56.1 Å². The molecule has 1 aliphatic rings. The lowest BCUT2D eigenvalue weighted by Gasteiger charge is -2.14. The second-order valence-corrected chi connectivity index (χ2v) is 8.51. The highest BCUT2D eigenvalue weighted by Gasteiger charge is 2.39. The van der Waals surface area contributed by atoms with Gasteiger partial charge in [-0.2, -0.15) is 0 Å². The molecule has 0 unspecified atom stereocenters. The minimum atomic E-state index is -0.159. The Morgan fingerprint density at radius 2 is 1.85 bits per heavy atom. The van der Waals surface area contributed by atoms with E-state index in [0.29, 0.717) is 22.8 Å². The predicted molar refractivity (Wildman–Crippen MR) is 111 cm³/mol. The highest BCUT2D eigenvalue weighted by molar-refractivity contribution is 8.03. The number of hydrogen-bond donors (Lipinski definition) is 0. The summed E-state index contributed by atoms with van der Waals surface area (Å²) >= 11 is 2.89. The summed E-state index contributed by atoms with van der Waals surface area (Å²) in [5, 5.41) is 1.94. The van der Waals surface area contributed by atoms with Crippen molar-refractivity contribution in [1.29, 1.82) is 0 Å². The van der Waals surface area contributed by atoms with E-state index in [9.17, 15) is 9.59 Å². The molecule has 3 rings (SSSR count). The van der Waals surface area contributed by atoms with Crippen LogP contribution in [0.3, 0.4) is 0 Å². The van der Waals surface area contributed by atoms with Crippen LogP contribution in [0.15, 0.2) is 45.2 Å². The van der Waals surface area contributed by atoms with Gasteiger partial charge in [0.05, 0.1) is 22.5 Å². The molecule has 0 N–H and O–H groups in total. The molecular weight excluding hydrogens is 378 g/mol. The molecule has 2 aromatic rings. The van der Waals surface area contributed by atoms with E-state index in [-0.39, 0.29) is 11.8 Å². The van der Waals surface area contributed by atoms with E-state index in [1.54, 1.807) is 6.26 Å². The number of hydrogen-bond acceptors (Lipinski definition) is 5. The molecule has 0 aromatic carbocycles. The van der Waals surface area contributed by atoms with Gasteiger partial charge in [0.15, 0.2) is 0 Å². The second-order valence-electron chi connectivity index (χ2n) is 6.58. The van der Waals surface area contributed by atoms with Crippen molar-refractivity contribution in [2.24, 2.45) is 0 Å². The fourth-order valence-electron chi connectivity index (χ4n) is 3.12. The molecule has 2 aromatic heterocycles. The molecule has 0 saturated carbocycles. The fourth-order valence-corrected chi connectivity index (χ4v) is 4.98. The number of imide groups is 1. The second kappa shape index (κ2) is 9.95. The molecule has 1 aliphatic heterocycles. The van der Waals surface area contributed by atoms with Gasteiger partial charge in [-0.3, -0.25) is 14.5 Å². The predicted octanol–water partition coefficient (Wildman–Crippen LogP) is 5.71. The molecule has 3 heterocycles. The number of amides is 2. The Hall–Kier alpha value is -1.79. The molecule has 6 heteroatoms. The highest BCUT2D eigenvalue weighted by Crippen LogP contribution is 2.39. The van der Waals surface area contributed by atoms with Crippen LogP contribution in [0, 0.1) is 0 Å². The topological polar surface area (TPSA) is 50.5 Å². The van der Waals surface area contributed by atoms with Gasteiger partial charge in [-0.05, 0) is 30.0 Å². The number of unbranched alkanes of at least 4 members (excludes halogenated alkanes) is 5. The van der Waals surface area contributed by atoms with Crippen molar-refractivity contribution in [2.45, 2.75) is 51.2 Å². The third kappa shape index (κ3) is 4.93. The first-order chi connectivity index (χ1) is 13.2. The van der Waals surface area contributed by atoms with Gasteiger partial charge in [-0.25, -0.2) is 0 Å². The van der Waals surface area contributed by atoms with Crippen LogP contribution in [0.25, 0.3) is 5.57 Å². The summed E-state index contributed by atoms with van der Waals surface area (Å²) in [6.45, 7) is 2.70. The van der Waals surface area contributed by atoms with Gasteiger partial charge < -0.3 is 4.42 Å². The summed E-state index contributed by atoms with van der Waals surface area (Å²) < 4.78 is 5.37. The van der Waals surface area contributed by atoms with E-state index < -0.39 is 0 Å². The molecule has 144 valence electrons. The van der Waals surface area contributed by atoms with Gasteiger partial charge in [0.25, 0.3) is 11.8 Å². The number of furan rings is 1. The number of thioether (sulfide) groups is 1. The van der Waals surface area contributed by atoms with Crippen LogP contribution >= 0.6 is 23.1 Å². The normalized spacial score (nSPS) is 14.6. The molecule has 2 amide bonds. The summed E-state index contributed by atoms with van der Waals surface area (Å²) in [5.41, 5.74) is 0.553. The SMILES string of the molecule is CCCCCCCCN1C(=O)C(SCc2ccco2)=C(c2cccs2)C1=O. The molecule has 4 nitrogen and oxygen atoms in total. The molecular formula is C21H25NO3S2. The van der Waals surface area contributed by atoms with E-state index in [4.69, 9.17) is 4.42 Å². The first kappa shape index (κ1) is 20.0. The van der Waals surface area contributed by atoms with Crippen LogP contribution in [-0.4, -0.2) is 23.3 Å². The van der Waals surface area contributed by atoms with Crippen molar-refractivity contribution in [1.82, 2.24) is 4.90 Å². The molecule has 0 spiro atoms. The third-order valence-electron chi connectivity index (χ3n) is 4.57. The zero-order valence-electron chi connectivity index (χ0n) is 15.6. The van der Waals surface area contributed by atoms with E-state index >= 15 is 0 Å². The quantitative estimate of drug-likeness (QED) is 0.356. The van der Waals surface area contributed by atoms with Gasteiger partial charge in [-0.1, -0.05) is 45.1 Å². The molecule has 0 saturated heterocycles. The van der Waals surface area contributed by atoms with E-state index in [1.807, 2.05) is 29.6 Å². The Bertz CT molecular complexity index is 778.